The maximum atomic E-state index is 12.7. The molecule has 0 atom stereocenters. The van der Waals surface area contributed by atoms with Gasteiger partial charge in [0, 0.05) is 12.1 Å². The van der Waals surface area contributed by atoms with E-state index < -0.39 is 9.84 Å². The fourth-order valence-electron chi connectivity index (χ4n) is 2.47. The lowest BCUT2D eigenvalue weighted by Gasteiger charge is -2.29. The minimum absolute atomic E-state index is 0.103. The Bertz CT molecular complexity index is 898. The van der Waals surface area contributed by atoms with E-state index in [0.717, 1.165) is 0 Å². The third-order valence-electron chi connectivity index (χ3n) is 3.56. The number of amides is 1. The van der Waals surface area contributed by atoms with Crippen LogP contribution in [-0.2, 0) is 9.84 Å². The molecule has 0 aromatic heterocycles. The number of anilines is 1. The number of rotatable bonds is 1. The second kappa shape index (κ2) is 5.28. The monoisotopic (exact) mass is 312 g/mol. The summed E-state index contributed by atoms with van der Waals surface area (Å²) < 4.78 is 24.2. The van der Waals surface area contributed by atoms with Gasteiger partial charge in [-0.3, -0.25) is 4.79 Å². The zero-order valence-corrected chi connectivity index (χ0v) is 12.4. The molecule has 110 valence electrons. The van der Waals surface area contributed by atoms with E-state index in [1.807, 2.05) is 6.07 Å². The molecule has 0 unspecified atom stereocenters. The number of benzene rings is 2. The minimum atomic E-state index is -3.35. The summed E-state index contributed by atoms with van der Waals surface area (Å²) in [6.07, 6.45) is 0. The van der Waals surface area contributed by atoms with Gasteiger partial charge in [-0.15, -0.1) is 0 Å². The lowest BCUT2D eigenvalue weighted by Crippen LogP contribution is -2.39. The van der Waals surface area contributed by atoms with Crippen LogP contribution in [0.4, 0.5) is 5.69 Å². The third kappa shape index (κ3) is 2.36. The Labute approximate surface area is 128 Å². The van der Waals surface area contributed by atoms with Gasteiger partial charge in [-0.25, -0.2) is 8.42 Å². The first-order chi connectivity index (χ1) is 10.5. The molecule has 1 amide bonds. The summed E-state index contributed by atoms with van der Waals surface area (Å²) in [6, 6.07) is 14.8. The Morgan fingerprint density at radius 1 is 1.14 bits per heavy atom. The molecule has 0 spiro atoms. The van der Waals surface area contributed by atoms with Gasteiger partial charge in [0.25, 0.3) is 5.91 Å². The number of hydrogen-bond acceptors (Lipinski definition) is 4. The molecule has 1 heterocycles. The van der Waals surface area contributed by atoms with E-state index in [9.17, 15) is 13.2 Å². The van der Waals surface area contributed by atoms with Gasteiger partial charge in [0.2, 0.25) is 0 Å². The van der Waals surface area contributed by atoms with E-state index in [-0.39, 0.29) is 23.1 Å². The first kappa shape index (κ1) is 14.3. The molecule has 0 N–H and O–H groups in total. The van der Waals surface area contributed by atoms with Gasteiger partial charge in [0.1, 0.15) is 0 Å². The van der Waals surface area contributed by atoms with E-state index in [0.29, 0.717) is 16.8 Å². The van der Waals surface area contributed by atoms with E-state index >= 15 is 0 Å². The van der Waals surface area contributed by atoms with Crippen LogP contribution in [0.1, 0.15) is 15.9 Å². The van der Waals surface area contributed by atoms with Crippen molar-refractivity contribution in [2.45, 2.75) is 4.90 Å². The molecule has 3 rings (SSSR count). The molecule has 0 saturated heterocycles. The topological polar surface area (TPSA) is 78.2 Å². The predicted molar refractivity (Wildman–Crippen MR) is 81.3 cm³/mol. The number of nitrogens with zero attached hydrogens (tertiary/aromatic N) is 2. The lowest BCUT2D eigenvalue weighted by atomic mass is 10.1. The number of carbonyl (C=O) groups is 1. The average Bonchev–Trinajstić information content (AvgIpc) is 2.55. The summed E-state index contributed by atoms with van der Waals surface area (Å²) in [5.41, 5.74) is 1.15. The number of hydrogen-bond donors (Lipinski definition) is 0. The largest absolute Gasteiger partial charge is 0.306 e. The van der Waals surface area contributed by atoms with Crippen LogP contribution in [0, 0.1) is 11.3 Å². The normalized spacial score (nSPS) is 15.7. The molecule has 5 nitrogen and oxygen atoms in total. The quantitative estimate of drug-likeness (QED) is 0.806. The Morgan fingerprint density at radius 2 is 1.91 bits per heavy atom. The van der Waals surface area contributed by atoms with Gasteiger partial charge in [0.15, 0.2) is 9.84 Å². The molecule has 0 radical (unpaired) electrons. The maximum Gasteiger partial charge on any atom is 0.258 e. The molecule has 0 bridgehead atoms. The van der Waals surface area contributed by atoms with Crippen molar-refractivity contribution in [2.24, 2.45) is 0 Å². The number of nitriles is 1. The summed E-state index contributed by atoms with van der Waals surface area (Å²) >= 11 is 0. The van der Waals surface area contributed by atoms with E-state index in [2.05, 4.69) is 0 Å². The molecule has 2 aromatic rings. The van der Waals surface area contributed by atoms with Gasteiger partial charge in [-0.05, 0) is 30.3 Å². The standard InChI is InChI=1S/C16H12N2O3S/c17-11-12-4-3-5-13(10-12)16(19)18-8-9-22(20,21)15-7-2-1-6-14(15)18/h1-7,10H,8-9H2. The maximum absolute atomic E-state index is 12.7. The van der Waals surface area contributed by atoms with Gasteiger partial charge in [0.05, 0.1) is 28.0 Å². The minimum Gasteiger partial charge on any atom is -0.306 e. The second-order valence-electron chi connectivity index (χ2n) is 4.94. The molecular weight excluding hydrogens is 300 g/mol. The highest BCUT2D eigenvalue weighted by molar-refractivity contribution is 7.91. The first-order valence-electron chi connectivity index (χ1n) is 6.67. The van der Waals surface area contributed by atoms with Crippen molar-refractivity contribution in [2.75, 3.05) is 17.2 Å². The van der Waals surface area contributed by atoms with Crippen molar-refractivity contribution in [3.05, 3.63) is 59.7 Å². The highest BCUT2D eigenvalue weighted by atomic mass is 32.2. The van der Waals surface area contributed by atoms with Gasteiger partial charge in [-0.2, -0.15) is 5.26 Å². The molecule has 22 heavy (non-hydrogen) atoms. The van der Waals surface area contributed by atoms with Crippen molar-refractivity contribution in [1.29, 1.82) is 5.26 Å². The van der Waals surface area contributed by atoms with Crippen LogP contribution < -0.4 is 4.90 Å². The third-order valence-corrected chi connectivity index (χ3v) is 5.29. The van der Waals surface area contributed by atoms with Gasteiger partial charge in [-0.1, -0.05) is 18.2 Å². The molecule has 1 aliphatic heterocycles. The smallest absolute Gasteiger partial charge is 0.258 e. The molecule has 2 aromatic carbocycles. The summed E-state index contributed by atoms with van der Waals surface area (Å²) in [6.45, 7) is 0.106. The van der Waals surface area contributed by atoms with Crippen molar-refractivity contribution in [1.82, 2.24) is 0 Å². The molecular formula is C16H12N2O3S. The summed E-state index contributed by atoms with van der Waals surface area (Å²) in [7, 11) is -3.35. The number of sulfone groups is 1. The van der Waals surface area contributed by atoms with Crippen molar-refractivity contribution >= 4 is 21.4 Å². The lowest BCUT2D eigenvalue weighted by molar-refractivity contribution is 0.0987. The highest BCUT2D eigenvalue weighted by Crippen LogP contribution is 2.31. The Balaban J connectivity index is 2.06. The average molecular weight is 312 g/mol. The Hall–Kier alpha value is -2.65. The number of carbonyl (C=O) groups excluding carboxylic acids is 1. The second-order valence-corrected chi connectivity index (χ2v) is 7.01. The Kier molecular flexibility index (Phi) is 3.43. The van der Waals surface area contributed by atoms with Gasteiger partial charge >= 0.3 is 0 Å². The summed E-state index contributed by atoms with van der Waals surface area (Å²) in [4.78, 5) is 14.3. The SMILES string of the molecule is N#Cc1cccc(C(=O)N2CCS(=O)(=O)c3ccccc32)c1. The molecule has 0 saturated carbocycles. The Morgan fingerprint density at radius 3 is 2.68 bits per heavy atom. The van der Waals surface area contributed by atoms with Crippen LogP contribution >= 0.6 is 0 Å². The van der Waals surface area contributed by atoms with Crippen LogP contribution in [-0.4, -0.2) is 26.6 Å². The zero-order chi connectivity index (χ0) is 15.7. The zero-order valence-electron chi connectivity index (χ0n) is 11.6. The van der Waals surface area contributed by atoms with Crippen LogP contribution in [0.2, 0.25) is 0 Å². The number of para-hydroxylation sites is 1. The summed E-state index contributed by atoms with van der Waals surface area (Å²) in [5, 5.41) is 8.93. The van der Waals surface area contributed by atoms with Crippen molar-refractivity contribution in [3.8, 4) is 6.07 Å². The van der Waals surface area contributed by atoms with E-state index in [4.69, 9.17) is 5.26 Å². The molecule has 0 aliphatic carbocycles. The molecule has 6 heteroatoms. The highest BCUT2D eigenvalue weighted by Gasteiger charge is 2.31. The summed E-state index contributed by atoms with van der Waals surface area (Å²) in [5.74, 6) is -0.410. The van der Waals surface area contributed by atoms with Crippen LogP contribution in [0.5, 0.6) is 0 Å². The van der Waals surface area contributed by atoms with Crippen LogP contribution in [0.15, 0.2) is 53.4 Å². The predicted octanol–water partition coefficient (Wildman–Crippen LogP) is 1.99. The van der Waals surface area contributed by atoms with E-state index in [1.54, 1.807) is 36.4 Å². The fraction of sp³-hybridized carbons (Fsp3) is 0.125. The van der Waals surface area contributed by atoms with Crippen molar-refractivity contribution in [3.63, 3.8) is 0 Å². The fourth-order valence-corrected chi connectivity index (χ4v) is 3.90. The van der Waals surface area contributed by atoms with E-state index in [1.165, 1.54) is 17.0 Å². The number of fused-ring (bicyclic) bond motifs is 1. The molecule has 0 fully saturated rings. The molecule has 1 aliphatic rings. The first-order valence-corrected chi connectivity index (χ1v) is 8.32. The van der Waals surface area contributed by atoms with Crippen molar-refractivity contribution < 1.29 is 13.2 Å². The van der Waals surface area contributed by atoms with Crippen LogP contribution in [0.3, 0.4) is 0 Å². The van der Waals surface area contributed by atoms with Crippen LogP contribution in [0.25, 0.3) is 0 Å². The van der Waals surface area contributed by atoms with Gasteiger partial charge < -0.3 is 4.90 Å².